The van der Waals surface area contributed by atoms with Crippen LogP contribution in [0.2, 0.25) is 0 Å². The molecular weight excluding hydrogens is 284 g/mol. The van der Waals surface area contributed by atoms with Gasteiger partial charge in [-0.2, -0.15) is 0 Å². The van der Waals surface area contributed by atoms with Gasteiger partial charge >= 0.3 is 0 Å². The lowest BCUT2D eigenvalue weighted by Gasteiger charge is -2.29. The van der Waals surface area contributed by atoms with Crippen molar-refractivity contribution in [3.05, 3.63) is 29.5 Å². The molecule has 1 N–H and O–H groups in total. The predicted octanol–water partition coefficient (Wildman–Crippen LogP) is 2.65. The SMILES string of the molecule is Cc1cc2cc3n(c2cc1S(C)(=O)=O)CCNC3C(C)C. The Hall–Kier alpha value is -1.33. The Labute approximate surface area is 126 Å². The normalized spacial score (nSPS) is 19.2. The maximum Gasteiger partial charge on any atom is 0.175 e. The largest absolute Gasteiger partial charge is 0.342 e. The van der Waals surface area contributed by atoms with Crippen LogP contribution in [0, 0.1) is 12.8 Å². The average Bonchev–Trinajstić information content (AvgIpc) is 2.73. The molecule has 0 aliphatic carbocycles. The van der Waals surface area contributed by atoms with Crippen LogP contribution in [0.3, 0.4) is 0 Å². The third-order valence-electron chi connectivity index (χ3n) is 4.31. The molecule has 1 atom stereocenters. The van der Waals surface area contributed by atoms with Crippen LogP contribution in [0.25, 0.3) is 10.9 Å². The number of nitrogens with one attached hydrogen (secondary N) is 1. The lowest BCUT2D eigenvalue weighted by atomic mass is 9.99. The Kier molecular flexibility index (Phi) is 3.37. The Bertz CT molecular complexity index is 803. The summed E-state index contributed by atoms with van der Waals surface area (Å²) >= 11 is 0. The maximum absolute atomic E-state index is 11.9. The van der Waals surface area contributed by atoms with Gasteiger partial charge in [-0.15, -0.1) is 0 Å². The molecule has 0 radical (unpaired) electrons. The Morgan fingerprint density at radius 2 is 2.00 bits per heavy atom. The fourth-order valence-corrected chi connectivity index (χ4v) is 4.32. The second-order valence-electron chi connectivity index (χ2n) is 6.35. The van der Waals surface area contributed by atoms with Gasteiger partial charge in [0, 0.05) is 42.0 Å². The fraction of sp³-hybridized carbons (Fsp3) is 0.500. The molecule has 0 fully saturated rings. The summed E-state index contributed by atoms with van der Waals surface area (Å²) in [6.07, 6.45) is 1.28. The summed E-state index contributed by atoms with van der Waals surface area (Å²) in [4.78, 5) is 0.440. The summed E-state index contributed by atoms with van der Waals surface area (Å²) in [6.45, 7) is 8.08. The van der Waals surface area contributed by atoms with Crippen molar-refractivity contribution in [2.75, 3.05) is 12.8 Å². The van der Waals surface area contributed by atoms with Crippen molar-refractivity contribution >= 4 is 20.7 Å². The van der Waals surface area contributed by atoms with Gasteiger partial charge < -0.3 is 9.88 Å². The van der Waals surface area contributed by atoms with Crippen molar-refractivity contribution in [2.24, 2.45) is 5.92 Å². The number of sulfone groups is 1. The molecule has 1 aliphatic rings. The molecule has 5 heteroatoms. The maximum atomic E-state index is 11.9. The number of fused-ring (bicyclic) bond motifs is 3. The van der Waals surface area contributed by atoms with E-state index in [1.54, 1.807) is 0 Å². The van der Waals surface area contributed by atoms with E-state index in [1.165, 1.54) is 11.9 Å². The van der Waals surface area contributed by atoms with Crippen molar-refractivity contribution < 1.29 is 8.42 Å². The third kappa shape index (κ3) is 2.38. The van der Waals surface area contributed by atoms with Gasteiger partial charge in [0.2, 0.25) is 0 Å². The number of aryl methyl sites for hydroxylation is 1. The van der Waals surface area contributed by atoms with Gasteiger partial charge in [-0.05, 0) is 36.6 Å². The van der Waals surface area contributed by atoms with Crippen LogP contribution in [0.15, 0.2) is 23.1 Å². The minimum absolute atomic E-state index is 0.327. The van der Waals surface area contributed by atoms with Crippen molar-refractivity contribution in [1.29, 1.82) is 0 Å². The summed E-state index contributed by atoms with van der Waals surface area (Å²) < 4.78 is 26.1. The number of aromatic nitrogens is 1. The molecule has 2 aromatic rings. The molecule has 0 saturated heterocycles. The first-order valence-electron chi connectivity index (χ1n) is 7.36. The molecule has 2 heterocycles. The highest BCUT2D eigenvalue weighted by atomic mass is 32.2. The van der Waals surface area contributed by atoms with Gasteiger partial charge in [-0.25, -0.2) is 8.42 Å². The summed E-state index contributed by atoms with van der Waals surface area (Å²) in [5.41, 5.74) is 3.11. The summed E-state index contributed by atoms with van der Waals surface area (Å²) in [7, 11) is -3.19. The number of hydrogen-bond donors (Lipinski definition) is 1. The van der Waals surface area contributed by atoms with Crippen LogP contribution in [0.4, 0.5) is 0 Å². The minimum atomic E-state index is -3.19. The topological polar surface area (TPSA) is 51.1 Å². The molecule has 1 aromatic heterocycles. The highest BCUT2D eigenvalue weighted by Crippen LogP contribution is 2.33. The van der Waals surface area contributed by atoms with E-state index in [9.17, 15) is 8.42 Å². The van der Waals surface area contributed by atoms with Gasteiger partial charge in [0.25, 0.3) is 0 Å². The van der Waals surface area contributed by atoms with Crippen molar-refractivity contribution in [3.63, 3.8) is 0 Å². The van der Waals surface area contributed by atoms with E-state index in [-0.39, 0.29) is 0 Å². The van der Waals surface area contributed by atoms with Gasteiger partial charge in [0.15, 0.2) is 9.84 Å². The predicted molar refractivity (Wildman–Crippen MR) is 85.4 cm³/mol. The van der Waals surface area contributed by atoms with Gasteiger partial charge in [-0.1, -0.05) is 13.8 Å². The fourth-order valence-electron chi connectivity index (χ4n) is 3.35. The van der Waals surface area contributed by atoms with Crippen LogP contribution in [-0.4, -0.2) is 25.8 Å². The van der Waals surface area contributed by atoms with E-state index in [1.807, 2.05) is 19.1 Å². The quantitative estimate of drug-likeness (QED) is 0.928. The van der Waals surface area contributed by atoms with E-state index >= 15 is 0 Å². The van der Waals surface area contributed by atoms with E-state index in [0.29, 0.717) is 16.9 Å². The van der Waals surface area contributed by atoms with Crippen LogP contribution < -0.4 is 5.32 Å². The second-order valence-corrected chi connectivity index (χ2v) is 8.33. The van der Waals surface area contributed by atoms with Crippen molar-refractivity contribution in [3.8, 4) is 0 Å². The lowest BCUT2D eigenvalue weighted by molar-refractivity contribution is 0.351. The smallest absolute Gasteiger partial charge is 0.175 e. The lowest BCUT2D eigenvalue weighted by Crippen LogP contribution is -2.35. The number of nitrogens with zero attached hydrogens (tertiary/aromatic N) is 1. The first kappa shape index (κ1) is 14.6. The van der Waals surface area contributed by atoms with E-state index in [4.69, 9.17) is 0 Å². The molecule has 1 aliphatic heterocycles. The van der Waals surface area contributed by atoms with Crippen LogP contribution in [0.5, 0.6) is 0 Å². The minimum Gasteiger partial charge on any atom is -0.342 e. The third-order valence-corrected chi connectivity index (χ3v) is 5.55. The molecule has 0 spiro atoms. The number of benzene rings is 1. The number of rotatable bonds is 2. The molecular formula is C16H22N2O2S. The summed E-state index contributed by atoms with van der Waals surface area (Å²) in [6, 6.07) is 6.36. The summed E-state index contributed by atoms with van der Waals surface area (Å²) in [5.74, 6) is 0.504. The molecule has 0 amide bonds. The average molecular weight is 306 g/mol. The highest BCUT2D eigenvalue weighted by molar-refractivity contribution is 7.90. The van der Waals surface area contributed by atoms with Crippen molar-refractivity contribution in [1.82, 2.24) is 9.88 Å². The Morgan fingerprint density at radius 1 is 1.29 bits per heavy atom. The Balaban J connectivity index is 2.28. The van der Waals surface area contributed by atoms with E-state index in [0.717, 1.165) is 29.6 Å². The monoisotopic (exact) mass is 306 g/mol. The molecule has 4 nitrogen and oxygen atoms in total. The number of hydrogen-bond acceptors (Lipinski definition) is 3. The Morgan fingerprint density at radius 3 is 2.62 bits per heavy atom. The standard InChI is InChI=1S/C16H22N2O2S/c1-10(2)16-14-8-12-7-11(3)15(21(4,19)20)9-13(12)18(14)6-5-17-16/h7-10,16-17H,5-6H2,1-4H3. The van der Waals surface area contributed by atoms with Crippen LogP contribution >= 0.6 is 0 Å². The van der Waals surface area contributed by atoms with Gasteiger partial charge in [0.1, 0.15) is 0 Å². The van der Waals surface area contributed by atoms with Gasteiger partial charge in [-0.3, -0.25) is 0 Å². The molecule has 1 unspecified atom stereocenters. The molecule has 0 bridgehead atoms. The molecule has 114 valence electrons. The molecule has 21 heavy (non-hydrogen) atoms. The second kappa shape index (κ2) is 4.85. The molecule has 0 saturated carbocycles. The first-order valence-corrected chi connectivity index (χ1v) is 9.25. The van der Waals surface area contributed by atoms with Crippen LogP contribution in [0.1, 0.15) is 31.1 Å². The highest BCUT2D eigenvalue weighted by Gasteiger charge is 2.25. The van der Waals surface area contributed by atoms with E-state index < -0.39 is 9.84 Å². The summed E-state index contributed by atoms with van der Waals surface area (Å²) in [5, 5.41) is 4.69. The van der Waals surface area contributed by atoms with Crippen LogP contribution in [-0.2, 0) is 16.4 Å². The zero-order valence-electron chi connectivity index (χ0n) is 13.0. The van der Waals surface area contributed by atoms with E-state index in [2.05, 4.69) is 29.8 Å². The molecule has 1 aromatic carbocycles. The van der Waals surface area contributed by atoms with Gasteiger partial charge in [0.05, 0.1) is 4.90 Å². The first-order chi connectivity index (χ1) is 9.79. The zero-order chi connectivity index (χ0) is 15.4. The van der Waals surface area contributed by atoms with Crippen molar-refractivity contribution in [2.45, 2.75) is 38.3 Å². The molecule has 3 rings (SSSR count). The zero-order valence-corrected chi connectivity index (χ0v) is 13.8.